The molecule has 0 unspecified atom stereocenters. The van der Waals surface area contributed by atoms with Gasteiger partial charge in [0.05, 0.1) is 6.42 Å². The summed E-state index contributed by atoms with van der Waals surface area (Å²) in [6.07, 6.45) is -0.132. The van der Waals surface area contributed by atoms with Crippen LogP contribution in [0, 0.1) is 0 Å². The third-order valence-corrected chi connectivity index (χ3v) is 1.33. The van der Waals surface area contributed by atoms with Gasteiger partial charge in [-0.15, -0.1) is 0 Å². The Bertz CT molecular complexity index is 273. The van der Waals surface area contributed by atoms with Gasteiger partial charge in [0.2, 0.25) is 0 Å². The van der Waals surface area contributed by atoms with Gasteiger partial charge in [-0.1, -0.05) is 18.2 Å². The fourth-order valence-corrected chi connectivity index (χ4v) is 0.823. The number of rotatable bonds is 2. The Morgan fingerprint density at radius 2 is 1.92 bits per heavy atom. The number of carboxylic acids is 1. The molecule has 1 aromatic rings. The number of phenols is 1. The molecule has 4 heteroatoms. The van der Waals surface area contributed by atoms with Crippen molar-refractivity contribution in [3.8, 4) is 5.75 Å². The summed E-state index contributed by atoms with van der Waals surface area (Å²) in [5.41, 5.74) is 0.444. The minimum atomic E-state index is -0.938. The van der Waals surface area contributed by atoms with Gasteiger partial charge in [0.1, 0.15) is 5.75 Å². The average Bonchev–Trinajstić information content (AvgIpc) is 1.93. The van der Waals surface area contributed by atoms with Crippen molar-refractivity contribution >= 4 is 5.97 Å². The summed E-state index contributed by atoms with van der Waals surface area (Å²) in [5.74, 6) is -0.901. The minimum Gasteiger partial charge on any atom is -0.508 e. The second-order valence-electron chi connectivity index (χ2n) is 2.20. The van der Waals surface area contributed by atoms with Crippen molar-refractivity contribution in [2.45, 2.75) is 6.42 Å². The molecule has 12 heavy (non-hydrogen) atoms. The van der Waals surface area contributed by atoms with Crippen LogP contribution < -0.4 is 0 Å². The maximum atomic E-state index is 10.2. The van der Waals surface area contributed by atoms with Crippen LogP contribution in [0.4, 0.5) is 0 Å². The molecular formula is C8H8FeO3. The van der Waals surface area contributed by atoms with Gasteiger partial charge < -0.3 is 10.2 Å². The smallest absolute Gasteiger partial charge is 0.307 e. The van der Waals surface area contributed by atoms with Crippen molar-refractivity contribution in [1.29, 1.82) is 0 Å². The van der Waals surface area contributed by atoms with E-state index in [0.29, 0.717) is 5.56 Å². The molecule has 0 bridgehead atoms. The van der Waals surface area contributed by atoms with Crippen molar-refractivity contribution < 1.29 is 32.1 Å². The second kappa shape index (κ2) is 4.80. The van der Waals surface area contributed by atoms with Crippen LogP contribution in [0.2, 0.25) is 0 Å². The molecule has 0 radical (unpaired) electrons. The first-order valence-corrected chi connectivity index (χ1v) is 3.19. The Morgan fingerprint density at radius 3 is 2.42 bits per heavy atom. The summed E-state index contributed by atoms with van der Waals surface area (Å²) in [6, 6.07) is 6.40. The molecule has 0 aliphatic heterocycles. The zero-order valence-electron chi connectivity index (χ0n) is 6.17. The zero-order chi connectivity index (χ0) is 8.27. The third-order valence-electron chi connectivity index (χ3n) is 1.33. The van der Waals surface area contributed by atoms with E-state index in [1.165, 1.54) is 6.07 Å². The van der Waals surface area contributed by atoms with Crippen LogP contribution in [0.5, 0.6) is 5.75 Å². The Hall–Kier alpha value is -0.991. The number of hydrogen-bond acceptors (Lipinski definition) is 2. The molecule has 0 atom stereocenters. The Labute approximate surface area is 80.5 Å². The summed E-state index contributed by atoms with van der Waals surface area (Å²) in [7, 11) is 0. The van der Waals surface area contributed by atoms with E-state index in [1.807, 2.05) is 0 Å². The Balaban J connectivity index is 0.00000121. The van der Waals surface area contributed by atoms with E-state index in [4.69, 9.17) is 10.2 Å². The van der Waals surface area contributed by atoms with Gasteiger partial charge in [-0.2, -0.15) is 0 Å². The van der Waals surface area contributed by atoms with Gasteiger partial charge in [-0.25, -0.2) is 0 Å². The SMILES string of the molecule is O=C(O)Cc1ccccc1O.[Fe]. The maximum Gasteiger partial charge on any atom is 0.307 e. The first-order valence-electron chi connectivity index (χ1n) is 3.19. The summed E-state index contributed by atoms with van der Waals surface area (Å²) >= 11 is 0. The summed E-state index contributed by atoms with van der Waals surface area (Å²) in [5, 5.41) is 17.5. The number of carboxylic acid groups (broad SMARTS) is 1. The van der Waals surface area contributed by atoms with Gasteiger partial charge in [-0.3, -0.25) is 4.79 Å². The van der Waals surface area contributed by atoms with Gasteiger partial charge in [0.25, 0.3) is 0 Å². The molecule has 3 nitrogen and oxygen atoms in total. The van der Waals surface area contributed by atoms with Crippen LogP contribution in [0.25, 0.3) is 0 Å². The summed E-state index contributed by atoms with van der Waals surface area (Å²) in [6.45, 7) is 0. The predicted octanol–water partition coefficient (Wildman–Crippen LogP) is 1.02. The normalized spacial score (nSPS) is 8.67. The van der Waals surface area contributed by atoms with E-state index in [1.54, 1.807) is 18.2 Å². The van der Waals surface area contributed by atoms with Crippen LogP contribution in [0.15, 0.2) is 24.3 Å². The van der Waals surface area contributed by atoms with Crippen LogP contribution in [-0.2, 0) is 28.3 Å². The van der Waals surface area contributed by atoms with Gasteiger partial charge in [0.15, 0.2) is 0 Å². The number of aromatic hydroxyl groups is 1. The fourth-order valence-electron chi connectivity index (χ4n) is 0.823. The topological polar surface area (TPSA) is 57.5 Å². The maximum absolute atomic E-state index is 10.2. The fraction of sp³-hybridized carbons (Fsp3) is 0.125. The zero-order valence-corrected chi connectivity index (χ0v) is 7.28. The molecule has 0 aliphatic carbocycles. The monoisotopic (exact) mass is 208 g/mol. The molecule has 0 fully saturated rings. The van der Waals surface area contributed by atoms with Gasteiger partial charge in [0, 0.05) is 22.6 Å². The third kappa shape index (κ3) is 2.94. The second-order valence-corrected chi connectivity index (χ2v) is 2.20. The van der Waals surface area contributed by atoms with Gasteiger partial charge in [-0.05, 0) is 6.07 Å². The molecule has 0 saturated heterocycles. The van der Waals surface area contributed by atoms with E-state index in [2.05, 4.69) is 0 Å². The van der Waals surface area contributed by atoms with E-state index in [9.17, 15) is 4.79 Å². The van der Waals surface area contributed by atoms with Gasteiger partial charge >= 0.3 is 5.97 Å². The molecule has 66 valence electrons. The average molecular weight is 208 g/mol. The van der Waals surface area contributed by atoms with Crippen molar-refractivity contribution in [2.75, 3.05) is 0 Å². The van der Waals surface area contributed by atoms with E-state index >= 15 is 0 Å². The predicted molar refractivity (Wildman–Crippen MR) is 39.4 cm³/mol. The van der Waals surface area contributed by atoms with Crippen LogP contribution >= 0.6 is 0 Å². The van der Waals surface area contributed by atoms with E-state index in [0.717, 1.165) is 0 Å². The van der Waals surface area contributed by atoms with Crippen LogP contribution in [0.1, 0.15) is 5.56 Å². The molecule has 0 heterocycles. The minimum absolute atomic E-state index is 0. The van der Waals surface area contributed by atoms with Crippen LogP contribution in [0.3, 0.4) is 0 Å². The Kier molecular flexibility index (Phi) is 4.40. The van der Waals surface area contributed by atoms with E-state index in [-0.39, 0.29) is 29.2 Å². The molecule has 0 amide bonds. The first kappa shape index (κ1) is 11.0. The molecule has 0 saturated carbocycles. The molecule has 0 aromatic heterocycles. The molecule has 0 spiro atoms. The van der Waals surface area contributed by atoms with E-state index < -0.39 is 5.97 Å². The number of carbonyl (C=O) groups is 1. The quantitative estimate of drug-likeness (QED) is 0.713. The standard InChI is InChI=1S/C8H8O3.Fe/c9-7-4-2-1-3-6(7)5-8(10)11;/h1-4,9H,5H2,(H,10,11);. The van der Waals surface area contributed by atoms with Crippen LogP contribution in [-0.4, -0.2) is 16.2 Å². The van der Waals surface area contributed by atoms with Crippen molar-refractivity contribution in [3.63, 3.8) is 0 Å². The molecule has 2 N–H and O–H groups in total. The molecule has 0 aliphatic rings. The number of hydrogen-bond donors (Lipinski definition) is 2. The largest absolute Gasteiger partial charge is 0.508 e. The Morgan fingerprint density at radius 1 is 1.33 bits per heavy atom. The molecule has 1 rings (SSSR count). The van der Waals surface area contributed by atoms with Crippen molar-refractivity contribution in [2.24, 2.45) is 0 Å². The summed E-state index contributed by atoms with van der Waals surface area (Å²) < 4.78 is 0. The van der Waals surface area contributed by atoms with Crippen molar-refractivity contribution in [1.82, 2.24) is 0 Å². The number of phenolic OH excluding ortho intramolecular Hbond substituents is 1. The first-order chi connectivity index (χ1) is 5.20. The number of benzene rings is 1. The number of aliphatic carboxylic acids is 1. The molecular weight excluding hydrogens is 200 g/mol. The number of para-hydroxylation sites is 1. The summed E-state index contributed by atoms with van der Waals surface area (Å²) in [4.78, 5) is 10.2. The molecule has 1 aromatic carbocycles. The van der Waals surface area contributed by atoms with Crippen molar-refractivity contribution in [3.05, 3.63) is 29.8 Å².